The molecule has 0 fully saturated rings. The van der Waals surface area contributed by atoms with Gasteiger partial charge in [-0.15, -0.1) is 0 Å². The highest BCUT2D eigenvalue weighted by Gasteiger charge is 2.33. The first-order valence-corrected chi connectivity index (χ1v) is 10.2. The Kier molecular flexibility index (Phi) is 5.24. The number of pyridine rings is 1. The molecule has 2 heterocycles. The molecule has 0 bridgehead atoms. The second kappa shape index (κ2) is 7.83. The molecule has 0 spiro atoms. The molecule has 7 heteroatoms. The van der Waals surface area contributed by atoms with E-state index in [9.17, 15) is 14.0 Å². The molecule has 2 atom stereocenters. The molecule has 5 nitrogen and oxygen atoms in total. The summed E-state index contributed by atoms with van der Waals surface area (Å²) in [5.41, 5.74) is 3.80. The first-order chi connectivity index (χ1) is 13.9. The Morgan fingerprint density at radius 2 is 2.03 bits per heavy atom. The molecular weight excluding hydrogens is 389 g/mol. The van der Waals surface area contributed by atoms with Crippen LogP contribution in [0.4, 0.5) is 10.1 Å². The van der Waals surface area contributed by atoms with Crippen LogP contribution in [0, 0.1) is 12.7 Å². The predicted octanol–water partition coefficient (Wildman–Crippen LogP) is 4.04. The van der Waals surface area contributed by atoms with E-state index in [1.165, 1.54) is 23.9 Å². The monoisotopic (exact) mass is 409 g/mol. The van der Waals surface area contributed by atoms with Crippen molar-refractivity contribution in [2.75, 3.05) is 4.90 Å². The number of rotatable bonds is 4. The van der Waals surface area contributed by atoms with Crippen molar-refractivity contribution in [2.24, 2.45) is 4.99 Å². The standard InChI is InChI=1S/C22H20FN3O2S/c1-13-5-3-6-16(9-13)26(22(28)21-14(2)24-12-29-21)11-15-10-19(27)25-20-17(15)7-4-8-18(20)23/h3-10,12,14,21H,11H2,1-2H3,(H,25,27). The number of hydrogen-bond acceptors (Lipinski definition) is 4. The van der Waals surface area contributed by atoms with Crippen molar-refractivity contribution in [3.05, 3.63) is 75.8 Å². The van der Waals surface area contributed by atoms with Gasteiger partial charge in [0.25, 0.3) is 0 Å². The molecule has 1 aliphatic rings. The minimum Gasteiger partial charge on any atom is -0.319 e. The summed E-state index contributed by atoms with van der Waals surface area (Å²) in [5.74, 6) is -0.585. The zero-order valence-electron chi connectivity index (χ0n) is 16.1. The number of aromatic amines is 1. The molecule has 3 aromatic rings. The van der Waals surface area contributed by atoms with Gasteiger partial charge in [-0.1, -0.05) is 36.0 Å². The number of aliphatic imine (C=N–C) groups is 1. The number of aromatic nitrogens is 1. The van der Waals surface area contributed by atoms with Gasteiger partial charge in [-0.2, -0.15) is 0 Å². The highest BCUT2D eigenvalue weighted by atomic mass is 32.2. The lowest BCUT2D eigenvalue weighted by Crippen LogP contribution is -2.40. The molecule has 0 saturated heterocycles. The van der Waals surface area contributed by atoms with Crippen LogP contribution in [0.5, 0.6) is 0 Å². The van der Waals surface area contributed by atoms with Crippen LogP contribution in [0.1, 0.15) is 18.1 Å². The van der Waals surface area contributed by atoms with E-state index in [0.29, 0.717) is 10.9 Å². The summed E-state index contributed by atoms with van der Waals surface area (Å²) in [6, 6.07) is 13.6. The van der Waals surface area contributed by atoms with Crippen LogP contribution in [0.25, 0.3) is 10.9 Å². The van der Waals surface area contributed by atoms with Gasteiger partial charge >= 0.3 is 0 Å². The third kappa shape index (κ3) is 3.82. The normalized spacial score (nSPS) is 18.3. The van der Waals surface area contributed by atoms with Gasteiger partial charge in [-0.3, -0.25) is 14.6 Å². The van der Waals surface area contributed by atoms with Crippen LogP contribution >= 0.6 is 11.8 Å². The number of carbonyl (C=O) groups excluding carboxylic acids is 1. The van der Waals surface area contributed by atoms with E-state index in [1.807, 2.05) is 38.1 Å². The molecule has 1 N–H and O–H groups in total. The highest BCUT2D eigenvalue weighted by Crippen LogP contribution is 2.29. The maximum atomic E-state index is 14.2. The molecule has 1 amide bonds. The van der Waals surface area contributed by atoms with E-state index in [2.05, 4.69) is 9.98 Å². The molecule has 0 radical (unpaired) electrons. The second-order valence-corrected chi connectivity index (χ2v) is 8.13. The Bertz CT molecular complexity index is 1170. The van der Waals surface area contributed by atoms with Crippen LogP contribution in [0.15, 0.2) is 58.3 Å². The number of nitrogens with zero attached hydrogens (tertiary/aromatic N) is 2. The maximum Gasteiger partial charge on any atom is 0.248 e. The molecule has 29 heavy (non-hydrogen) atoms. The molecular formula is C22H20FN3O2S. The highest BCUT2D eigenvalue weighted by molar-refractivity contribution is 8.13. The lowest BCUT2D eigenvalue weighted by atomic mass is 10.1. The number of nitrogens with one attached hydrogen (secondary N) is 1. The fourth-order valence-electron chi connectivity index (χ4n) is 3.51. The third-order valence-corrected chi connectivity index (χ3v) is 6.14. The van der Waals surface area contributed by atoms with E-state index in [1.54, 1.807) is 22.6 Å². The summed E-state index contributed by atoms with van der Waals surface area (Å²) < 4.78 is 14.2. The number of benzene rings is 2. The van der Waals surface area contributed by atoms with Crippen molar-refractivity contribution in [1.82, 2.24) is 4.98 Å². The van der Waals surface area contributed by atoms with E-state index in [4.69, 9.17) is 0 Å². The van der Waals surface area contributed by atoms with Crippen molar-refractivity contribution in [3.63, 3.8) is 0 Å². The Balaban J connectivity index is 1.81. The van der Waals surface area contributed by atoms with Crippen molar-refractivity contribution in [1.29, 1.82) is 0 Å². The second-order valence-electron chi connectivity index (χ2n) is 7.14. The van der Waals surface area contributed by atoms with Crippen molar-refractivity contribution in [2.45, 2.75) is 31.7 Å². The summed E-state index contributed by atoms with van der Waals surface area (Å²) in [7, 11) is 0. The van der Waals surface area contributed by atoms with Gasteiger partial charge in [0.15, 0.2) is 0 Å². The first kappa shape index (κ1) is 19.4. The van der Waals surface area contributed by atoms with E-state index in [0.717, 1.165) is 11.3 Å². The van der Waals surface area contributed by atoms with Gasteiger partial charge in [0.1, 0.15) is 11.1 Å². The fourth-order valence-corrected chi connectivity index (χ4v) is 4.45. The van der Waals surface area contributed by atoms with E-state index >= 15 is 0 Å². The number of fused-ring (bicyclic) bond motifs is 1. The van der Waals surface area contributed by atoms with Crippen LogP contribution in [0.3, 0.4) is 0 Å². The Morgan fingerprint density at radius 1 is 1.24 bits per heavy atom. The van der Waals surface area contributed by atoms with Crippen LogP contribution in [-0.4, -0.2) is 27.7 Å². The Morgan fingerprint density at radius 3 is 2.76 bits per heavy atom. The topological polar surface area (TPSA) is 65.5 Å². The molecule has 0 aliphatic carbocycles. The lowest BCUT2D eigenvalue weighted by Gasteiger charge is -2.27. The number of anilines is 1. The minimum absolute atomic E-state index is 0.0876. The van der Waals surface area contributed by atoms with Gasteiger partial charge in [0.2, 0.25) is 11.5 Å². The molecule has 0 saturated carbocycles. The third-order valence-electron chi connectivity index (χ3n) is 5.01. The number of aryl methyl sites for hydroxylation is 1. The molecule has 2 aromatic carbocycles. The smallest absolute Gasteiger partial charge is 0.248 e. The van der Waals surface area contributed by atoms with E-state index in [-0.39, 0.29) is 29.3 Å². The van der Waals surface area contributed by atoms with Gasteiger partial charge < -0.3 is 9.88 Å². The molecule has 2 unspecified atom stereocenters. The SMILES string of the molecule is Cc1cccc(N(Cc2cc(=O)[nH]c3c(F)cccc23)C(=O)C2SC=NC2C)c1. The van der Waals surface area contributed by atoms with Crippen LogP contribution in [-0.2, 0) is 11.3 Å². The molecule has 4 rings (SSSR count). The Hall–Kier alpha value is -2.93. The Labute approximate surface area is 171 Å². The summed E-state index contributed by atoms with van der Waals surface area (Å²) in [6.45, 7) is 4.03. The summed E-state index contributed by atoms with van der Waals surface area (Å²) >= 11 is 1.39. The van der Waals surface area contributed by atoms with Gasteiger partial charge in [0.05, 0.1) is 23.6 Å². The van der Waals surface area contributed by atoms with Gasteiger partial charge in [-0.25, -0.2) is 4.39 Å². The van der Waals surface area contributed by atoms with Crippen LogP contribution in [0.2, 0.25) is 0 Å². The van der Waals surface area contributed by atoms with Crippen molar-refractivity contribution >= 4 is 39.8 Å². The number of carbonyl (C=O) groups is 1. The maximum absolute atomic E-state index is 14.2. The number of H-pyrrole nitrogens is 1. The molecule has 1 aromatic heterocycles. The quantitative estimate of drug-likeness (QED) is 0.707. The number of amides is 1. The zero-order chi connectivity index (χ0) is 20.5. The number of para-hydroxylation sites is 1. The summed E-state index contributed by atoms with van der Waals surface area (Å²) in [6.07, 6.45) is 0. The number of thioether (sulfide) groups is 1. The van der Waals surface area contributed by atoms with Gasteiger partial charge in [-0.05, 0) is 43.2 Å². The largest absolute Gasteiger partial charge is 0.319 e. The zero-order valence-corrected chi connectivity index (χ0v) is 16.9. The predicted molar refractivity (Wildman–Crippen MR) is 116 cm³/mol. The minimum atomic E-state index is -0.497. The van der Waals surface area contributed by atoms with Crippen LogP contribution < -0.4 is 10.5 Å². The van der Waals surface area contributed by atoms with E-state index < -0.39 is 11.4 Å². The fraction of sp³-hybridized carbons (Fsp3) is 0.227. The molecule has 148 valence electrons. The summed E-state index contributed by atoms with van der Waals surface area (Å²) in [4.78, 5) is 34.1. The number of halogens is 1. The first-order valence-electron chi connectivity index (χ1n) is 9.29. The van der Waals surface area contributed by atoms with Gasteiger partial charge in [0, 0.05) is 17.1 Å². The van der Waals surface area contributed by atoms with Crippen molar-refractivity contribution < 1.29 is 9.18 Å². The van der Waals surface area contributed by atoms with Crippen molar-refractivity contribution in [3.8, 4) is 0 Å². The number of hydrogen-bond donors (Lipinski definition) is 1. The average molecular weight is 409 g/mol. The average Bonchev–Trinajstić information content (AvgIpc) is 3.12. The summed E-state index contributed by atoms with van der Waals surface area (Å²) in [5, 5.41) is 0.249. The molecule has 1 aliphatic heterocycles. The lowest BCUT2D eigenvalue weighted by molar-refractivity contribution is -0.118.